The van der Waals surface area contributed by atoms with Gasteiger partial charge in [0.25, 0.3) is 0 Å². The van der Waals surface area contributed by atoms with Crippen LogP contribution < -0.4 is 4.74 Å². The van der Waals surface area contributed by atoms with Crippen molar-refractivity contribution in [2.75, 3.05) is 19.8 Å². The highest BCUT2D eigenvalue weighted by Crippen LogP contribution is 2.15. The summed E-state index contributed by atoms with van der Waals surface area (Å²) < 4.78 is 11.1. The SMILES string of the molecule is CCOCCC/N=C/c1ccc(OCc2ccc(C)c(C)c2)cc1. The topological polar surface area (TPSA) is 30.8 Å². The van der Waals surface area contributed by atoms with Crippen LogP contribution in [0.4, 0.5) is 0 Å². The summed E-state index contributed by atoms with van der Waals surface area (Å²) in [5.74, 6) is 0.877. The average Bonchev–Trinajstić information content (AvgIpc) is 2.60. The number of rotatable bonds is 9. The molecular weight excluding hydrogens is 298 g/mol. The van der Waals surface area contributed by atoms with Crippen molar-refractivity contribution in [1.82, 2.24) is 0 Å². The van der Waals surface area contributed by atoms with Crippen molar-refractivity contribution >= 4 is 6.21 Å². The van der Waals surface area contributed by atoms with E-state index in [0.717, 1.165) is 37.5 Å². The number of ether oxygens (including phenoxy) is 2. The van der Waals surface area contributed by atoms with Gasteiger partial charge in [0.1, 0.15) is 12.4 Å². The Hall–Kier alpha value is -2.13. The maximum atomic E-state index is 5.85. The van der Waals surface area contributed by atoms with Crippen molar-refractivity contribution in [3.63, 3.8) is 0 Å². The molecule has 0 spiro atoms. The molecule has 0 atom stereocenters. The van der Waals surface area contributed by atoms with Gasteiger partial charge >= 0.3 is 0 Å². The Morgan fingerprint density at radius 1 is 1.00 bits per heavy atom. The first-order valence-electron chi connectivity index (χ1n) is 8.55. The molecule has 0 N–H and O–H groups in total. The van der Waals surface area contributed by atoms with Crippen molar-refractivity contribution in [1.29, 1.82) is 0 Å². The number of hydrogen-bond acceptors (Lipinski definition) is 3. The second-order valence-electron chi connectivity index (χ2n) is 5.86. The molecule has 2 aromatic carbocycles. The van der Waals surface area contributed by atoms with E-state index in [0.29, 0.717) is 6.61 Å². The van der Waals surface area contributed by atoms with E-state index < -0.39 is 0 Å². The molecule has 2 aromatic rings. The van der Waals surface area contributed by atoms with Crippen LogP contribution >= 0.6 is 0 Å². The van der Waals surface area contributed by atoms with Gasteiger partial charge in [0.15, 0.2) is 0 Å². The quantitative estimate of drug-likeness (QED) is 0.493. The predicted octanol–water partition coefficient (Wildman–Crippen LogP) is 4.73. The zero-order valence-corrected chi connectivity index (χ0v) is 14.9. The fourth-order valence-electron chi connectivity index (χ4n) is 2.28. The van der Waals surface area contributed by atoms with Crippen LogP contribution in [0.25, 0.3) is 0 Å². The average molecular weight is 325 g/mol. The summed E-state index contributed by atoms with van der Waals surface area (Å²) in [5, 5.41) is 0. The van der Waals surface area contributed by atoms with E-state index in [2.05, 4.69) is 37.0 Å². The van der Waals surface area contributed by atoms with Gasteiger partial charge < -0.3 is 9.47 Å². The standard InChI is InChI=1S/C21H27NO2/c1-4-23-13-5-12-22-15-19-8-10-21(11-9-19)24-16-20-7-6-17(2)18(3)14-20/h6-11,14-15H,4-5,12-13,16H2,1-3H3/b22-15+. The molecule has 2 rings (SSSR count). The summed E-state index contributed by atoms with van der Waals surface area (Å²) >= 11 is 0. The van der Waals surface area contributed by atoms with E-state index in [4.69, 9.17) is 9.47 Å². The fraction of sp³-hybridized carbons (Fsp3) is 0.381. The van der Waals surface area contributed by atoms with Crippen LogP contribution in [0.2, 0.25) is 0 Å². The van der Waals surface area contributed by atoms with Gasteiger partial charge in [0.2, 0.25) is 0 Å². The Morgan fingerprint density at radius 3 is 2.50 bits per heavy atom. The van der Waals surface area contributed by atoms with Gasteiger partial charge in [-0.2, -0.15) is 0 Å². The van der Waals surface area contributed by atoms with Crippen molar-refractivity contribution in [3.05, 3.63) is 64.7 Å². The van der Waals surface area contributed by atoms with Gasteiger partial charge in [-0.15, -0.1) is 0 Å². The van der Waals surface area contributed by atoms with E-state index >= 15 is 0 Å². The van der Waals surface area contributed by atoms with Crippen LogP contribution in [0.3, 0.4) is 0 Å². The van der Waals surface area contributed by atoms with Crippen molar-refractivity contribution in [3.8, 4) is 5.75 Å². The first-order chi connectivity index (χ1) is 11.7. The Kier molecular flexibility index (Phi) is 7.50. The smallest absolute Gasteiger partial charge is 0.119 e. The monoisotopic (exact) mass is 325 g/mol. The van der Waals surface area contributed by atoms with Crippen molar-refractivity contribution in [2.24, 2.45) is 4.99 Å². The minimum Gasteiger partial charge on any atom is -0.489 e. The zero-order valence-electron chi connectivity index (χ0n) is 14.9. The van der Waals surface area contributed by atoms with Gasteiger partial charge in [-0.25, -0.2) is 0 Å². The molecule has 0 radical (unpaired) electrons. The van der Waals surface area contributed by atoms with Crippen LogP contribution in [0.5, 0.6) is 5.75 Å². The molecule has 0 fully saturated rings. The summed E-state index contributed by atoms with van der Waals surface area (Å²) in [5.41, 5.74) is 4.89. The lowest BCUT2D eigenvalue weighted by Crippen LogP contribution is -1.97. The molecule has 0 aliphatic heterocycles. The second kappa shape index (κ2) is 9.89. The molecule has 24 heavy (non-hydrogen) atoms. The normalized spacial score (nSPS) is 11.1. The molecule has 3 heteroatoms. The number of hydrogen-bond donors (Lipinski definition) is 0. The molecule has 0 heterocycles. The molecule has 0 aliphatic carbocycles. The van der Waals surface area contributed by atoms with Crippen molar-refractivity contribution in [2.45, 2.75) is 33.8 Å². The van der Waals surface area contributed by atoms with E-state index in [1.807, 2.05) is 37.4 Å². The predicted molar refractivity (Wildman–Crippen MR) is 100 cm³/mol. The third kappa shape index (κ3) is 6.17. The summed E-state index contributed by atoms with van der Waals surface area (Å²) in [6.45, 7) is 9.19. The third-order valence-electron chi connectivity index (χ3n) is 3.88. The maximum absolute atomic E-state index is 5.85. The number of benzene rings is 2. The third-order valence-corrected chi connectivity index (χ3v) is 3.88. The second-order valence-corrected chi connectivity index (χ2v) is 5.86. The molecule has 128 valence electrons. The largest absolute Gasteiger partial charge is 0.489 e. The van der Waals surface area contributed by atoms with Gasteiger partial charge in [-0.1, -0.05) is 18.2 Å². The first kappa shape index (κ1) is 18.2. The lowest BCUT2D eigenvalue weighted by molar-refractivity contribution is 0.146. The highest BCUT2D eigenvalue weighted by atomic mass is 16.5. The van der Waals surface area contributed by atoms with Crippen LogP contribution in [0.15, 0.2) is 47.5 Å². The molecule has 0 saturated heterocycles. The summed E-state index contributed by atoms with van der Waals surface area (Å²) in [6, 6.07) is 14.5. The molecule has 0 bridgehead atoms. The number of aliphatic imine (C=N–C) groups is 1. The van der Waals surface area contributed by atoms with E-state index in [1.165, 1.54) is 16.7 Å². The Bertz CT molecular complexity index is 647. The highest BCUT2D eigenvalue weighted by Gasteiger charge is 1.99. The minimum atomic E-state index is 0.589. The molecule has 3 nitrogen and oxygen atoms in total. The lowest BCUT2D eigenvalue weighted by atomic mass is 10.1. The molecule has 0 saturated carbocycles. The highest BCUT2D eigenvalue weighted by molar-refractivity contribution is 5.79. The lowest BCUT2D eigenvalue weighted by Gasteiger charge is -2.08. The number of nitrogens with zero attached hydrogens (tertiary/aromatic N) is 1. The molecular formula is C21H27NO2. The van der Waals surface area contributed by atoms with Gasteiger partial charge in [-0.05, 0) is 73.7 Å². The molecule has 0 unspecified atom stereocenters. The summed E-state index contributed by atoms with van der Waals surface area (Å²) in [7, 11) is 0. The van der Waals surface area contributed by atoms with Crippen LogP contribution in [-0.4, -0.2) is 26.0 Å². The van der Waals surface area contributed by atoms with Crippen LogP contribution in [-0.2, 0) is 11.3 Å². The van der Waals surface area contributed by atoms with Crippen LogP contribution in [0, 0.1) is 13.8 Å². The van der Waals surface area contributed by atoms with Crippen LogP contribution in [0.1, 0.15) is 35.6 Å². The number of aryl methyl sites for hydroxylation is 2. The van der Waals surface area contributed by atoms with Gasteiger partial charge in [-0.3, -0.25) is 4.99 Å². The van der Waals surface area contributed by atoms with E-state index in [1.54, 1.807) is 0 Å². The van der Waals surface area contributed by atoms with Crippen molar-refractivity contribution < 1.29 is 9.47 Å². The van der Waals surface area contributed by atoms with E-state index in [9.17, 15) is 0 Å². The summed E-state index contributed by atoms with van der Waals surface area (Å²) in [4.78, 5) is 4.41. The zero-order chi connectivity index (χ0) is 17.2. The van der Waals surface area contributed by atoms with Gasteiger partial charge in [0.05, 0.1) is 0 Å². The Labute approximate surface area is 145 Å². The Balaban J connectivity index is 1.79. The van der Waals surface area contributed by atoms with E-state index in [-0.39, 0.29) is 0 Å². The van der Waals surface area contributed by atoms with Gasteiger partial charge in [0, 0.05) is 26.0 Å². The molecule has 0 amide bonds. The molecule has 0 aliphatic rings. The maximum Gasteiger partial charge on any atom is 0.119 e. The fourth-order valence-corrected chi connectivity index (χ4v) is 2.28. The summed E-state index contributed by atoms with van der Waals surface area (Å²) in [6.07, 6.45) is 2.86. The molecule has 0 aromatic heterocycles. The first-order valence-corrected chi connectivity index (χ1v) is 8.55. The Morgan fingerprint density at radius 2 is 1.79 bits per heavy atom. The minimum absolute atomic E-state index is 0.589.